The topological polar surface area (TPSA) is 93.4 Å². The molecule has 0 saturated heterocycles. The summed E-state index contributed by atoms with van der Waals surface area (Å²) in [6.45, 7) is 2.42. The molecule has 2 aromatic heterocycles. The highest BCUT2D eigenvalue weighted by Crippen LogP contribution is 2.25. The van der Waals surface area contributed by atoms with Crippen LogP contribution in [0.3, 0.4) is 0 Å². The van der Waals surface area contributed by atoms with Crippen LogP contribution in [-0.4, -0.2) is 37.4 Å². The Morgan fingerprint density at radius 2 is 2.07 bits per heavy atom. The Balaban J connectivity index is 1.38. The third kappa shape index (κ3) is 4.39. The van der Waals surface area contributed by atoms with Crippen LogP contribution in [0.5, 0.6) is 5.75 Å². The molecule has 0 aliphatic heterocycles. The van der Waals surface area contributed by atoms with Gasteiger partial charge < -0.3 is 10.1 Å². The van der Waals surface area contributed by atoms with Crippen LogP contribution in [0, 0.1) is 0 Å². The molecule has 0 atom stereocenters. The highest BCUT2D eigenvalue weighted by Gasteiger charge is 2.10. The number of ether oxygens (including phenoxy) is 1. The summed E-state index contributed by atoms with van der Waals surface area (Å²) in [6, 6.07) is 14.5. The number of benzene rings is 2. The molecule has 4 aromatic rings. The molecule has 0 fully saturated rings. The predicted molar refractivity (Wildman–Crippen MR) is 115 cm³/mol. The normalized spacial score (nSPS) is 10.7. The number of anilines is 1. The number of hydrogen-bond donors (Lipinski definition) is 2. The molecule has 0 radical (unpaired) electrons. The smallest absolute Gasteiger partial charge is 0.257 e. The van der Waals surface area contributed by atoms with E-state index in [0.29, 0.717) is 17.9 Å². The van der Waals surface area contributed by atoms with Gasteiger partial charge in [0.15, 0.2) is 5.11 Å². The molecule has 8 nitrogen and oxygen atoms in total. The zero-order valence-electron chi connectivity index (χ0n) is 15.3. The van der Waals surface area contributed by atoms with E-state index >= 15 is 0 Å². The van der Waals surface area contributed by atoms with Crippen molar-refractivity contribution in [2.24, 2.45) is 0 Å². The van der Waals surface area contributed by atoms with E-state index in [4.69, 9.17) is 17.0 Å². The van der Waals surface area contributed by atoms with E-state index in [2.05, 4.69) is 25.9 Å². The molecule has 2 N–H and O–H groups in total. The first kappa shape index (κ1) is 19.0. The van der Waals surface area contributed by atoms with Crippen molar-refractivity contribution >= 4 is 45.2 Å². The largest absolute Gasteiger partial charge is 0.494 e. The van der Waals surface area contributed by atoms with Gasteiger partial charge in [0.2, 0.25) is 4.96 Å². The zero-order chi connectivity index (χ0) is 20.2. The standard InChI is InChI=1S/C19H16N6O2S2/c1-2-27-15-5-3-4-13(10-15)16(26)22-18(28)21-14-8-6-12(7-9-14)17-24-25-11-20-23-19(25)29-17/h3-11H,2H2,1H3,(H2,21,22,26,28). The van der Waals surface area contributed by atoms with Gasteiger partial charge in [0.25, 0.3) is 5.91 Å². The molecule has 146 valence electrons. The second kappa shape index (κ2) is 8.33. The minimum Gasteiger partial charge on any atom is -0.494 e. The number of carbonyl (C=O) groups excluding carboxylic acids is 1. The highest BCUT2D eigenvalue weighted by atomic mass is 32.1. The van der Waals surface area contributed by atoms with Gasteiger partial charge in [-0.2, -0.15) is 9.61 Å². The summed E-state index contributed by atoms with van der Waals surface area (Å²) in [5.41, 5.74) is 2.18. The Morgan fingerprint density at radius 3 is 2.83 bits per heavy atom. The van der Waals surface area contributed by atoms with Crippen molar-refractivity contribution in [3.8, 4) is 16.3 Å². The van der Waals surface area contributed by atoms with Crippen molar-refractivity contribution in [1.82, 2.24) is 25.1 Å². The first-order valence-electron chi connectivity index (χ1n) is 8.75. The van der Waals surface area contributed by atoms with E-state index in [9.17, 15) is 4.79 Å². The lowest BCUT2D eigenvalue weighted by Gasteiger charge is -2.10. The summed E-state index contributed by atoms with van der Waals surface area (Å²) in [4.78, 5) is 13.1. The lowest BCUT2D eigenvalue weighted by atomic mass is 10.2. The zero-order valence-corrected chi connectivity index (χ0v) is 17.0. The average Bonchev–Trinajstić information content (AvgIpc) is 3.31. The predicted octanol–water partition coefficient (Wildman–Crippen LogP) is 3.38. The maximum absolute atomic E-state index is 12.4. The van der Waals surface area contributed by atoms with Gasteiger partial charge in [-0.1, -0.05) is 17.4 Å². The first-order chi connectivity index (χ1) is 14.1. The van der Waals surface area contributed by atoms with Crippen LogP contribution in [-0.2, 0) is 0 Å². The molecular formula is C19H16N6O2S2. The number of fused-ring (bicyclic) bond motifs is 1. The molecule has 0 spiro atoms. The van der Waals surface area contributed by atoms with Crippen LogP contribution in [0.4, 0.5) is 5.69 Å². The number of amides is 1. The molecule has 4 rings (SSSR count). The van der Waals surface area contributed by atoms with Crippen LogP contribution in [0.1, 0.15) is 17.3 Å². The van der Waals surface area contributed by atoms with Crippen molar-refractivity contribution in [2.45, 2.75) is 6.92 Å². The van der Waals surface area contributed by atoms with Gasteiger partial charge in [0.05, 0.1) is 6.61 Å². The Hall–Kier alpha value is -3.37. The van der Waals surface area contributed by atoms with Crippen molar-refractivity contribution in [1.29, 1.82) is 0 Å². The maximum Gasteiger partial charge on any atom is 0.257 e. The van der Waals surface area contributed by atoms with Gasteiger partial charge in [0.1, 0.15) is 17.1 Å². The van der Waals surface area contributed by atoms with Gasteiger partial charge in [-0.05, 0) is 61.6 Å². The van der Waals surface area contributed by atoms with Gasteiger partial charge in [-0.3, -0.25) is 10.1 Å². The fraction of sp³-hybridized carbons (Fsp3) is 0.105. The molecule has 0 unspecified atom stereocenters. The minimum absolute atomic E-state index is 0.211. The van der Waals surface area contributed by atoms with Gasteiger partial charge in [0, 0.05) is 16.8 Å². The Morgan fingerprint density at radius 1 is 1.24 bits per heavy atom. The molecule has 2 aromatic carbocycles. The van der Waals surface area contributed by atoms with Gasteiger partial charge in [-0.25, -0.2) is 0 Å². The fourth-order valence-electron chi connectivity index (χ4n) is 2.60. The monoisotopic (exact) mass is 424 g/mol. The molecular weight excluding hydrogens is 408 g/mol. The van der Waals surface area contributed by atoms with Crippen molar-refractivity contribution in [2.75, 3.05) is 11.9 Å². The molecule has 29 heavy (non-hydrogen) atoms. The quantitative estimate of drug-likeness (QED) is 0.474. The van der Waals surface area contributed by atoms with E-state index in [1.807, 2.05) is 31.2 Å². The number of carbonyl (C=O) groups is 1. The molecule has 10 heteroatoms. The molecule has 2 heterocycles. The molecule has 0 bridgehead atoms. The molecule has 0 saturated carbocycles. The Bertz CT molecular complexity index is 1140. The Kier molecular flexibility index (Phi) is 5.45. The number of hydrogen-bond acceptors (Lipinski definition) is 7. The van der Waals surface area contributed by atoms with Gasteiger partial charge in [-0.15, -0.1) is 10.2 Å². The van der Waals surface area contributed by atoms with E-state index in [1.54, 1.807) is 35.1 Å². The highest BCUT2D eigenvalue weighted by molar-refractivity contribution is 7.80. The summed E-state index contributed by atoms with van der Waals surface area (Å²) < 4.78 is 7.05. The summed E-state index contributed by atoms with van der Waals surface area (Å²) in [6.07, 6.45) is 1.57. The number of rotatable bonds is 5. The van der Waals surface area contributed by atoms with E-state index in [1.165, 1.54) is 11.3 Å². The third-order valence-corrected chi connectivity index (χ3v) is 5.08. The Labute approximate surface area is 175 Å². The van der Waals surface area contributed by atoms with Crippen molar-refractivity contribution in [3.63, 3.8) is 0 Å². The lowest BCUT2D eigenvalue weighted by Crippen LogP contribution is -2.34. The second-order valence-electron chi connectivity index (χ2n) is 5.91. The fourth-order valence-corrected chi connectivity index (χ4v) is 3.64. The second-order valence-corrected chi connectivity index (χ2v) is 7.28. The number of aromatic nitrogens is 4. The summed E-state index contributed by atoms with van der Waals surface area (Å²) in [5, 5.41) is 18.9. The molecule has 1 amide bonds. The van der Waals surface area contributed by atoms with Gasteiger partial charge >= 0.3 is 0 Å². The van der Waals surface area contributed by atoms with Crippen molar-refractivity contribution in [3.05, 3.63) is 60.4 Å². The van der Waals surface area contributed by atoms with E-state index in [-0.39, 0.29) is 11.0 Å². The number of nitrogens with one attached hydrogen (secondary N) is 2. The maximum atomic E-state index is 12.4. The number of nitrogens with zero attached hydrogens (tertiary/aromatic N) is 4. The van der Waals surface area contributed by atoms with Crippen LogP contribution < -0.4 is 15.4 Å². The van der Waals surface area contributed by atoms with E-state index in [0.717, 1.165) is 21.2 Å². The first-order valence-corrected chi connectivity index (χ1v) is 9.97. The van der Waals surface area contributed by atoms with Crippen molar-refractivity contribution < 1.29 is 9.53 Å². The lowest BCUT2D eigenvalue weighted by molar-refractivity contribution is 0.0977. The summed E-state index contributed by atoms with van der Waals surface area (Å²) in [7, 11) is 0. The SMILES string of the molecule is CCOc1cccc(C(=O)NC(=S)Nc2ccc(-c3nn4cnnc4s3)cc2)c1. The molecule has 0 aliphatic carbocycles. The van der Waals surface area contributed by atoms with Crippen LogP contribution in [0.25, 0.3) is 15.5 Å². The van der Waals surface area contributed by atoms with E-state index < -0.39 is 0 Å². The summed E-state index contributed by atoms with van der Waals surface area (Å²) in [5.74, 6) is 0.334. The molecule has 0 aliphatic rings. The summed E-state index contributed by atoms with van der Waals surface area (Å²) >= 11 is 6.70. The third-order valence-electron chi connectivity index (χ3n) is 3.91. The number of thiocarbonyl (C=S) groups is 1. The minimum atomic E-state index is -0.305. The van der Waals surface area contributed by atoms with Crippen LogP contribution >= 0.6 is 23.6 Å². The average molecular weight is 425 g/mol. The van der Waals surface area contributed by atoms with Crippen LogP contribution in [0.2, 0.25) is 0 Å². The van der Waals surface area contributed by atoms with Crippen LogP contribution in [0.15, 0.2) is 54.9 Å².